The van der Waals surface area contributed by atoms with Crippen LogP contribution in [-0.2, 0) is 19.6 Å². The Labute approximate surface area is 281 Å². The first-order valence-corrected chi connectivity index (χ1v) is 15.9. The fourth-order valence-corrected chi connectivity index (χ4v) is 5.96. The zero-order chi connectivity index (χ0) is 34.0. The van der Waals surface area contributed by atoms with Crippen LogP contribution in [0.5, 0.6) is 23.0 Å². The summed E-state index contributed by atoms with van der Waals surface area (Å²) < 4.78 is 50.1. The lowest BCUT2D eigenvalue weighted by Gasteiger charge is -2.25. The molecule has 0 saturated heterocycles. The average Bonchev–Trinajstić information content (AvgIpc) is 3.06. The molecule has 0 aliphatic rings. The minimum Gasteiger partial charge on any atom is -0.495 e. The minimum atomic E-state index is -4.37. The van der Waals surface area contributed by atoms with Gasteiger partial charge >= 0.3 is 0 Å². The molecule has 246 valence electrons. The minimum absolute atomic E-state index is 0.0331. The van der Waals surface area contributed by atoms with Crippen molar-refractivity contribution in [3.63, 3.8) is 0 Å². The van der Waals surface area contributed by atoms with Crippen molar-refractivity contribution in [2.45, 2.75) is 4.90 Å². The summed E-state index contributed by atoms with van der Waals surface area (Å²) in [5, 5.41) is 7.36. The smallest absolute Gasteiger partial charge is 0.265 e. The highest BCUT2D eigenvalue weighted by Gasteiger charge is 2.30. The first kappa shape index (κ1) is 34.9. The van der Waals surface area contributed by atoms with Gasteiger partial charge in [-0.1, -0.05) is 29.3 Å². The molecule has 0 heterocycles. The van der Waals surface area contributed by atoms with Crippen molar-refractivity contribution in [3.05, 3.63) is 101 Å². The summed E-state index contributed by atoms with van der Waals surface area (Å²) in [5.41, 5.74) is 3.51. The number of hydrazone groups is 1. The van der Waals surface area contributed by atoms with Gasteiger partial charge in [0, 0.05) is 21.8 Å². The molecular formula is C32H30Cl2N4O8S. The van der Waals surface area contributed by atoms with Crippen LogP contribution in [0, 0.1) is 0 Å². The molecule has 0 atom stereocenters. The first-order valence-electron chi connectivity index (χ1n) is 13.7. The van der Waals surface area contributed by atoms with E-state index < -0.39 is 22.5 Å². The highest BCUT2D eigenvalue weighted by atomic mass is 35.5. The van der Waals surface area contributed by atoms with Crippen LogP contribution in [0.2, 0.25) is 10.0 Å². The number of nitrogens with one attached hydrogen (secondary N) is 2. The van der Waals surface area contributed by atoms with Gasteiger partial charge in [-0.25, -0.2) is 13.8 Å². The van der Waals surface area contributed by atoms with E-state index >= 15 is 0 Å². The third kappa shape index (κ3) is 9.28. The summed E-state index contributed by atoms with van der Waals surface area (Å²) in [5.74, 6) is -0.0173. The topological polar surface area (TPSA) is 145 Å². The van der Waals surface area contributed by atoms with Crippen LogP contribution in [0.1, 0.15) is 5.56 Å². The Hall–Kier alpha value is -4.98. The molecular weight excluding hydrogens is 671 g/mol. The van der Waals surface area contributed by atoms with Crippen molar-refractivity contribution in [1.29, 1.82) is 0 Å². The maximum absolute atomic E-state index is 13.9. The molecule has 4 aromatic rings. The molecule has 0 radical (unpaired) electrons. The molecule has 0 saturated carbocycles. The Kier molecular flexibility index (Phi) is 11.9. The summed E-state index contributed by atoms with van der Waals surface area (Å²) in [7, 11) is -0.206. The van der Waals surface area contributed by atoms with Gasteiger partial charge in [0.05, 0.1) is 38.1 Å². The molecule has 12 nitrogen and oxygen atoms in total. The number of rotatable bonds is 14. The molecule has 2 amide bonds. The zero-order valence-electron chi connectivity index (χ0n) is 25.4. The lowest BCUT2D eigenvalue weighted by atomic mass is 10.2. The second-order valence-corrected chi connectivity index (χ2v) is 12.3. The fourth-order valence-electron chi connectivity index (χ4n) is 4.17. The predicted molar refractivity (Wildman–Crippen MR) is 180 cm³/mol. The van der Waals surface area contributed by atoms with E-state index in [4.69, 9.17) is 42.1 Å². The van der Waals surface area contributed by atoms with E-state index in [1.54, 1.807) is 48.5 Å². The van der Waals surface area contributed by atoms with Crippen molar-refractivity contribution < 1.29 is 37.0 Å². The fraction of sp³-hybridized carbons (Fsp3) is 0.156. The molecule has 4 rings (SSSR count). The van der Waals surface area contributed by atoms with Crippen molar-refractivity contribution in [3.8, 4) is 23.0 Å². The number of carbonyl (C=O) groups excluding carboxylic acids is 2. The summed E-state index contributed by atoms with van der Waals surface area (Å²) in [6.45, 7) is -0.898. The van der Waals surface area contributed by atoms with Gasteiger partial charge in [0.25, 0.3) is 21.8 Å². The van der Waals surface area contributed by atoms with E-state index in [2.05, 4.69) is 15.8 Å². The number of amides is 2. The largest absolute Gasteiger partial charge is 0.495 e. The number of nitrogens with zero attached hydrogens (tertiary/aromatic N) is 2. The maximum Gasteiger partial charge on any atom is 0.265 e. The quantitative estimate of drug-likeness (QED) is 0.132. The highest BCUT2D eigenvalue weighted by Crippen LogP contribution is 2.37. The summed E-state index contributed by atoms with van der Waals surface area (Å²) >= 11 is 12.1. The second-order valence-electron chi connectivity index (χ2n) is 9.55. The van der Waals surface area contributed by atoms with Crippen LogP contribution in [0.25, 0.3) is 0 Å². The third-order valence-corrected chi connectivity index (χ3v) is 8.63. The van der Waals surface area contributed by atoms with Gasteiger partial charge in [0.2, 0.25) is 0 Å². The van der Waals surface area contributed by atoms with Crippen molar-refractivity contribution >= 4 is 62.6 Å². The molecule has 2 N–H and O–H groups in total. The lowest BCUT2D eigenvalue weighted by molar-refractivity contribution is -0.119. The number of benzene rings is 4. The average molecular weight is 702 g/mol. The number of halogens is 2. The number of ether oxygens (including phenoxy) is 4. The molecule has 0 aromatic heterocycles. The van der Waals surface area contributed by atoms with E-state index in [-0.39, 0.29) is 39.6 Å². The molecule has 47 heavy (non-hydrogen) atoms. The van der Waals surface area contributed by atoms with Crippen LogP contribution in [0.3, 0.4) is 0 Å². The molecule has 4 aromatic carbocycles. The van der Waals surface area contributed by atoms with Crippen LogP contribution >= 0.6 is 23.2 Å². The van der Waals surface area contributed by atoms with Gasteiger partial charge in [-0.05, 0) is 78.4 Å². The summed E-state index contributed by atoms with van der Waals surface area (Å²) in [6.07, 6.45) is 1.36. The molecule has 15 heteroatoms. The van der Waals surface area contributed by atoms with E-state index in [0.29, 0.717) is 27.8 Å². The molecule has 0 unspecified atom stereocenters. The maximum atomic E-state index is 13.9. The van der Waals surface area contributed by atoms with E-state index in [9.17, 15) is 18.0 Å². The number of hydrogen-bond donors (Lipinski definition) is 2. The lowest BCUT2D eigenvalue weighted by Crippen LogP contribution is -2.39. The van der Waals surface area contributed by atoms with Crippen LogP contribution < -0.4 is 34.0 Å². The summed E-state index contributed by atoms with van der Waals surface area (Å²) in [6, 6.07) is 21.8. The predicted octanol–water partition coefficient (Wildman–Crippen LogP) is 5.38. The van der Waals surface area contributed by atoms with E-state index in [0.717, 1.165) is 4.31 Å². The zero-order valence-corrected chi connectivity index (χ0v) is 27.7. The van der Waals surface area contributed by atoms with Crippen LogP contribution in [-0.4, -0.2) is 60.9 Å². The van der Waals surface area contributed by atoms with Gasteiger partial charge in [-0.3, -0.25) is 13.9 Å². The Morgan fingerprint density at radius 3 is 2.17 bits per heavy atom. The highest BCUT2D eigenvalue weighted by molar-refractivity contribution is 7.92. The van der Waals surface area contributed by atoms with Crippen LogP contribution in [0.15, 0.2) is 94.9 Å². The van der Waals surface area contributed by atoms with Gasteiger partial charge in [-0.2, -0.15) is 5.10 Å². The number of methoxy groups -OCH3 is 3. The number of anilines is 2. The number of hydrogen-bond acceptors (Lipinski definition) is 9. The molecule has 0 spiro atoms. The molecule has 0 aliphatic carbocycles. The van der Waals surface area contributed by atoms with E-state index in [1.807, 2.05) is 0 Å². The van der Waals surface area contributed by atoms with Crippen molar-refractivity contribution in [2.24, 2.45) is 5.10 Å². The second kappa shape index (κ2) is 16.0. The molecule has 0 fully saturated rings. The normalized spacial score (nSPS) is 11.1. The molecule has 0 bridgehead atoms. The SMILES string of the molecule is COc1ccc(S(=O)(=O)N(CC(=O)N/N=C\c2ccc(OCC(=O)Nc3cccc(Cl)c3)cc2)c2cc(Cl)ccc2OC)cc1OC. The van der Waals surface area contributed by atoms with Gasteiger partial charge in [0.1, 0.15) is 18.0 Å². The Morgan fingerprint density at radius 1 is 0.809 bits per heavy atom. The Balaban J connectivity index is 1.44. The number of carbonyl (C=O) groups is 2. The van der Waals surface area contributed by atoms with Gasteiger partial charge in [0.15, 0.2) is 18.1 Å². The van der Waals surface area contributed by atoms with Crippen LogP contribution in [0.4, 0.5) is 11.4 Å². The Morgan fingerprint density at radius 2 is 1.49 bits per heavy atom. The van der Waals surface area contributed by atoms with Crippen molar-refractivity contribution in [2.75, 3.05) is 44.1 Å². The van der Waals surface area contributed by atoms with Gasteiger partial charge < -0.3 is 24.3 Å². The van der Waals surface area contributed by atoms with Crippen molar-refractivity contribution in [1.82, 2.24) is 5.43 Å². The third-order valence-electron chi connectivity index (χ3n) is 6.40. The monoisotopic (exact) mass is 700 g/mol. The standard InChI is InChI=1S/C32H30Cl2N4O8S/c1-43-28-13-9-23(34)16-27(28)38(47(41,42)26-12-14-29(44-2)30(17-26)45-3)19-31(39)37-35-18-21-7-10-25(11-8-21)46-20-32(40)36-24-6-4-5-22(33)15-24/h4-18H,19-20H2,1-3H3,(H,36,40)(H,37,39)/b35-18-. The first-order chi connectivity index (χ1) is 22.5. The van der Waals surface area contributed by atoms with Gasteiger partial charge in [-0.15, -0.1) is 0 Å². The number of sulfonamides is 1. The molecule has 0 aliphatic heterocycles. The summed E-state index contributed by atoms with van der Waals surface area (Å²) in [4.78, 5) is 25.1. The Bertz CT molecular complexity index is 1870. The van der Waals surface area contributed by atoms with E-state index in [1.165, 1.54) is 63.9 Å².